The van der Waals surface area contributed by atoms with Gasteiger partial charge in [0.1, 0.15) is 5.25 Å². The molecule has 1 N–H and O–H groups in total. The highest BCUT2D eigenvalue weighted by Gasteiger charge is 2.30. The molecule has 18 heavy (non-hydrogen) atoms. The summed E-state index contributed by atoms with van der Waals surface area (Å²) in [7, 11) is 0. The minimum Gasteiger partial charge on any atom is -0.480 e. The molecule has 1 aliphatic rings. The molecular weight excluding hydrogens is 272 g/mol. The van der Waals surface area contributed by atoms with Crippen molar-refractivity contribution < 1.29 is 9.90 Å². The molecule has 1 atom stereocenters. The van der Waals surface area contributed by atoms with E-state index in [0.29, 0.717) is 16.7 Å². The van der Waals surface area contributed by atoms with Crippen molar-refractivity contribution in [2.75, 3.05) is 0 Å². The molecule has 92 valence electrons. The van der Waals surface area contributed by atoms with Gasteiger partial charge in [-0.2, -0.15) is 9.78 Å². The van der Waals surface area contributed by atoms with Gasteiger partial charge >= 0.3 is 5.97 Å². The van der Waals surface area contributed by atoms with Gasteiger partial charge in [0.25, 0.3) is 0 Å². The summed E-state index contributed by atoms with van der Waals surface area (Å²) in [6.07, 6.45) is 0. The zero-order valence-corrected chi connectivity index (χ0v) is 10.9. The molecule has 0 aliphatic carbocycles. The highest BCUT2D eigenvalue weighted by atomic mass is 32.2. The third-order valence-corrected chi connectivity index (χ3v) is 4.55. The number of aliphatic carboxylic acids is 1. The summed E-state index contributed by atoms with van der Waals surface area (Å²) in [6.45, 7) is 1.70. The van der Waals surface area contributed by atoms with Crippen LogP contribution in [0.4, 0.5) is 0 Å². The number of thiophene rings is 1. The van der Waals surface area contributed by atoms with E-state index in [1.54, 1.807) is 22.9 Å². The second kappa shape index (κ2) is 4.21. The SMILES string of the molecule is CC1=Nn2c(nnc2-c2cccs2)SC1C(=O)O. The molecule has 0 spiro atoms. The summed E-state index contributed by atoms with van der Waals surface area (Å²) in [5.41, 5.74) is 0.539. The van der Waals surface area contributed by atoms with Crippen molar-refractivity contribution >= 4 is 34.8 Å². The van der Waals surface area contributed by atoms with Crippen molar-refractivity contribution in [3.05, 3.63) is 17.5 Å². The number of rotatable bonds is 2. The zero-order valence-electron chi connectivity index (χ0n) is 9.27. The third-order valence-electron chi connectivity index (χ3n) is 2.44. The van der Waals surface area contributed by atoms with Gasteiger partial charge < -0.3 is 5.11 Å². The van der Waals surface area contributed by atoms with Crippen LogP contribution in [0.3, 0.4) is 0 Å². The number of hydrogen-bond donors (Lipinski definition) is 1. The second-order valence-corrected chi connectivity index (χ2v) is 5.69. The Kier molecular flexibility index (Phi) is 2.67. The minimum absolute atomic E-state index is 0.511. The number of carboxylic acid groups (broad SMARTS) is 1. The smallest absolute Gasteiger partial charge is 0.322 e. The molecule has 2 aromatic rings. The first-order valence-corrected chi connectivity index (χ1v) is 6.87. The summed E-state index contributed by atoms with van der Waals surface area (Å²) in [6, 6.07) is 3.86. The van der Waals surface area contributed by atoms with E-state index < -0.39 is 11.2 Å². The van der Waals surface area contributed by atoms with Gasteiger partial charge in [0, 0.05) is 0 Å². The van der Waals surface area contributed by atoms with Gasteiger partial charge in [-0.1, -0.05) is 17.8 Å². The minimum atomic E-state index is -0.909. The zero-order chi connectivity index (χ0) is 12.7. The van der Waals surface area contributed by atoms with Crippen LogP contribution in [-0.2, 0) is 4.79 Å². The lowest BCUT2D eigenvalue weighted by atomic mass is 10.3. The lowest BCUT2D eigenvalue weighted by molar-refractivity contribution is -0.135. The van der Waals surface area contributed by atoms with Crippen molar-refractivity contribution in [3.8, 4) is 10.7 Å². The van der Waals surface area contributed by atoms with E-state index >= 15 is 0 Å². The maximum atomic E-state index is 11.1. The van der Waals surface area contributed by atoms with Gasteiger partial charge in [-0.25, -0.2) is 0 Å². The van der Waals surface area contributed by atoms with Crippen molar-refractivity contribution in [1.82, 2.24) is 14.9 Å². The average Bonchev–Trinajstić information content (AvgIpc) is 2.94. The number of thioether (sulfide) groups is 1. The molecule has 2 aromatic heterocycles. The molecule has 6 nitrogen and oxygen atoms in total. The predicted molar refractivity (Wildman–Crippen MR) is 69.1 cm³/mol. The predicted octanol–water partition coefficient (Wildman–Crippen LogP) is 1.79. The number of nitrogens with zero attached hydrogens (tertiary/aromatic N) is 4. The first-order chi connectivity index (χ1) is 8.66. The van der Waals surface area contributed by atoms with E-state index in [0.717, 1.165) is 16.6 Å². The molecule has 1 aliphatic heterocycles. The molecule has 0 aromatic carbocycles. The van der Waals surface area contributed by atoms with Crippen LogP contribution < -0.4 is 0 Å². The first-order valence-electron chi connectivity index (χ1n) is 5.11. The number of fused-ring (bicyclic) bond motifs is 1. The van der Waals surface area contributed by atoms with Crippen LogP contribution in [0, 0.1) is 0 Å². The van der Waals surface area contributed by atoms with Gasteiger partial charge in [-0.05, 0) is 18.4 Å². The van der Waals surface area contributed by atoms with Gasteiger partial charge in [-0.3, -0.25) is 4.79 Å². The standard InChI is InChI=1S/C10H8N4O2S2/c1-5-7(9(15)16)18-10-12-11-8(14(10)13-5)6-3-2-4-17-6/h2-4,7H,1H3,(H,15,16). The molecule has 1 unspecified atom stereocenters. The van der Waals surface area contributed by atoms with Crippen LogP contribution in [0.2, 0.25) is 0 Å². The lowest BCUT2D eigenvalue weighted by Gasteiger charge is -2.16. The molecule has 0 saturated heterocycles. The summed E-state index contributed by atoms with van der Waals surface area (Å²) < 4.78 is 1.60. The summed E-state index contributed by atoms with van der Waals surface area (Å²) in [5.74, 6) is -0.260. The van der Waals surface area contributed by atoms with Crippen LogP contribution in [0.15, 0.2) is 27.8 Å². The van der Waals surface area contributed by atoms with E-state index in [9.17, 15) is 4.79 Å². The Morgan fingerprint density at radius 1 is 1.50 bits per heavy atom. The maximum absolute atomic E-state index is 11.1. The number of hydrogen-bond acceptors (Lipinski definition) is 6. The Labute approximate surface area is 110 Å². The summed E-state index contributed by atoms with van der Waals surface area (Å²) in [5, 5.41) is 23.2. The quantitative estimate of drug-likeness (QED) is 0.907. The van der Waals surface area contributed by atoms with Crippen LogP contribution in [-0.4, -0.2) is 36.9 Å². The van der Waals surface area contributed by atoms with Gasteiger partial charge in [0.05, 0.1) is 10.6 Å². The number of carbonyl (C=O) groups is 1. The molecule has 0 amide bonds. The second-order valence-electron chi connectivity index (χ2n) is 3.67. The van der Waals surface area contributed by atoms with Crippen molar-refractivity contribution in [2.24, 2.45) is 5.10 Å². The van der Waals surface area contributed by atoms with Gasteiger partial charge in [0.15, 0.2) is 5.82 Å². The summed E-state index contributed by atoms with van der Waals surface area (Å²) >= 11 is 2.70. The van der Waals surface area contributed by atoms with Crippen LogP contribution in [0.5, 0.6) is 0 Å². The van der Waals surface area contributed by atoms with E-state index in [2.05, 4.69) is 15.3 Å². The van der Waals surface area contributed by atoms with Gasteiger partial charge in [0.2, 0.25) is 5.16 Å². The normalized spacial score (nSPS) is 18.3. The Bertz CT molecular complexity index is 632. The van der Waals surface area contributed by atoms with Crippen molar-refractivity contribution in [3.63, 3.8) is 0 Å². The molecule has 0 saturated carbocycles. The van der Waals surface area contributed by atoms with Gasteiger partial charge in [-0.15, -0.1) is 21.5 Å². The van der Waals surface area contributed by atoms with Crippen molar-refractivity contribution in [2.45, 2.75) is 17.3 Å². The fraction of sp³-hybridized carbons (Fsp3) is 0.200. The van der Waals surface area contributed by atoms with E-state index in [4.69, 9.17) is 5.11 Å². The average molecular weight is 280 g/mol. The van der Waals surface area contributed by atoms with E-state index in [-0.39, 0.29) is 0 Å². The van der Waals surface area contributed by atoms with E-state index in [1.165, 1.54) is 0 Å². The fourth-order valence-corrected chi connectivity index (χ4v) is 3.16. The summed E-state index contributed by atoms with van der Waals surface area (Å²) in [4.78, 5) is 12.0. The lowest BCUT2D eigenvalue weighted by Crippen LogP contribution is -2.28. The monoisotopic (exact) mass is 280 g/mol. The number of aromatic nitrogens is 3. The largest absolute Gasteiger partial charge is 0.480 e. The highest BCUT2D eigenvalue weighted by molar-refractivity contribution is 8.01. The molecule has 0 radical (unpaired) electrons. The van der Waals surface area contributed by atoms with E-state index in [1.807, 2.05) is 17.5 Å². The Morgan fingerprint density at radius 2 is 2.33 bits per heavy atom. The molecular formula is C10H8N4O2S2. The molecule has 0 fully saturated rings. The van der Waals surface area contributed by atoms with Crippen LogP contribution in [0.1, 0.15) is 6.92 Å². The van der Waals surface area contributed by atoms with Crippen LogP contribution >= 0.6 is 23.1 Å². The fourth-order valence-electron chi connectivity index (χ4n) is 1.62. The topological polar surface area (TPSA) is 80.4 Å². The number of carboxylic acids is 1. The van der Waals surface area contributed by atoms with Crippen LogP contribution in [0.25, 0.3) is 10.7 Å². The van der Waals surface area contributed by atoms with Crippen molar-refractivity contribution in [1.29, 1.82) is 0 Å². The Balaban J connectivity index is 2.07. The Morgan fingerprint density at radius 3 is 3.00 bits per heavy atom. The third kappa shape index (κ3) is 1.73. The first kappa shape index (κ1) is 11.4. The highest BCUT2D eigenvalue weighted by Crippen LogP contribution is 2.32. The molecule has 3 rings (SSSR count). The molecule has 8 heteroatoms. The molecule has 3 heterocycles. The Hall–Kier alpha value is -1.67. The maximum Gasteiger partial charge on any atom is 0.322 e. The molecule has 0 bridgehead atoms.